The van der Waals surface area contributed by atoms with Gasteiger partial charge in [-0.05, 0) is 48.9 Å². The molecule has 0 spiro atoms. The summed E-state index contributed by atoms with van der Waals surface area (Å²) >= 11 is 1.55. The first-order valence-electron chi connectivity index (χ1n) is 5.63. The Morgan fingerprint density at radius 2 is 2.29 bits per heavy atom. The molecular formula is C12H10N4S. The van der Waals surface area contributed by atoms with Crippen LogP contribution in [0.1, 0.15) is 18.4 Å². The molecule has 1 aromatic carbocycles. The monoisotopic (exact) mass is 242 g/mol. The predicted octanol–water partition coefficient (Wildman–Crippen LogP) is 2.10. The molecule has 2 N–H and O–H groups in total. The molecule has 0 saturated heterocycles. The Labute approximate surface area is 103 Å². The van der Waals surface area contributed by atoms with Crippen molar-refractivity contribution >= 4 is 23.6 Å². The summed E-state index contributed by atoms with van der Waals surface area (Å²) in [6.45, 7) is 0. The Balaban J connectivity index is 1.65. The van der Waals surface area contributed by atoms with Crippen molar-refractivity contribution in [3.8, 4) is 6.07 Å². The van der Waals surface area contributed by atoms with Crippen LogP contribution in [0.3, 0.4) is 0 Å². The summed E-state index contributed by atoms with van der Waals surface area (Å²) in [7, 11) is 0. The number of guanidine groups is 1. The van der Waals surface area contributed by atoms with Crippen LogP contribution in [0.5, 0.6) is 0 Å². The van der Waals surface area contributed by atoms with Gasteiger partial charge in [0, 0.05) is 0 Å². The molecule has 0 aromatic heterocycles. The summed E-state index contributed by atoms with van der Waals surface area (Å²) in [4.78, 5) is 5.80. The molecule has 0 bridgehead atoms. The second kappa shape index (κ2) is 2.96. The van der Waals surface area contributed by atoms with Gasteiger partial charge in [0.1, 0.15) is 0 Å². The van der Waals surface area contributed by atoms with E-state index >= 15 is 0 Å². The van der Waals surface area contributed by atoms with Gasteiger partial charge in [-0.1, -0.05) is 0 Å². The number of aliphatic imine (C=N–C) groups is 1. The molecule has 0 amide bonds. The zero-order valence-corrected chi connectivity index (χ0v) is 9.84. The van der Waals surface area contributed by atoms with Gasteiger partial charge in [-0.25, -0.2) is 4.99 Å². The highest BCUT2D eigenvalue weighted by Crippen LogP contribution is 2.69. The van der Waals surface area contributed by atoms with Crippen LogP contribution in [0.25, 0.3) is 0 Å². The molecule has 17 heavy (non-hydrogen) atoms. The highest BCUT2D eigenvalue weighted by Gasteiger charge is 2.70. The minimum absolute atomic E-state index is 0.278. The van der Waals surface area contributed by atoms with Crippen LogP contribution in [-0.2, 0) is 0 Å². The Bertz CT molecular complexity index is 581. The molecule has 2 saturated carbocycles. The lowest BCUT2D eigenvalue weighted by Gasteiger charge is -2.20. The molecule has 0 radical (unpaired) electrons. The second-order valence-electron chi connectivity index (χ2n) is 4.82. The topological polar surface area (TPSA) is 60.2 Å². The first-order chi connectivity index (χ1) is 8.29. The fraction of sp³-hybridized carbons (Fsp3) is 0.333. The zero-order valence-electron chi connectivity index (χ0n) is 9.03. The summed E-state index contributed by atoms with van der Waals surface area (Å²) in [5.41, 5.74) is 1.92. The van der Waals surface area contributed by atoms with Gasteiger partial charge in [0.15, 0.2) is 0 Å². The third-order valence-electron chi connectivity index (χ3n) is 3.59. The number of nitriles is 1. The fourth-order valence-electron chi connectivity index (χ4n) is 2.17. The predicted molar refractivity (Wildman–Crippen MR) is 66.7 cm³/mol. The van der Waals surface area contributed by atoms with Crippen molar-refractivity contribution in [2.45, 2.75) is 23.3 Å². The molecule has 2 fully saturated rings. The lowest BCUT2D eigenvalue weighted by molar-refractivity contribution is 0.801. The van der Waals surface area contributed by atoms with Crippen molar-refractivity contribution in [2.24, 2.45) is 10.9 Å². The third-order valence-corrected chi connectivity index (χ3v) is 4.46. The van der Waals surface area contributed by atoms with Gasteiger partial charge in [-0.3, -0.25) is 4.72 Å². The van der Waals surface area contributed by atoms with Gasteiger partial charge in [-0.2, -0.15) is 5.26 Å². The van der Waals surface area contributed by atoms with Crippen molar-refractivity contribution in [3.63, 3.8) is 0 Å². The standard InChI is InChI=1S/C12H10N4S/c13-6-7-1-2-10-9(3-7)14-11(16-17-10)15-12-4-8(12)5-12/h1-3,8H,4-5H2,(H2,14,15,16). The van der Waals surface area contributed by atoms with E-state index in [1.807, 2.05) is 18.2 Å². The largest absolute Gasteiger partial charge is 0.325 e. The van der Waals surface area contributed by atoms with E-state index < -0.39 is 0 Å². The van der Waals surface area contributed by atoms with E-state index in [2.05, 4.69) is 16.1 Å². The lowest BCUT2D eigenvalue weighted by Crippen LogP contribution is -2.30. The number of benzene rings is 1. The zero-order chi connectivity index (χ0) is 11.5. The summed E-state index contributed by atoms with van der Waals surface area (Å²) in [5.74, 6) is 1.67. The van der Waals surface area contributed by atoms with Crippen LogP contribution in [0.15, 0.2) is 28.1 Å². The van der Waals surface area contributed by atoms with Crippen molar-refractivity contribution in [3.05, 3.63) is 23.8 Å². The maximum atomic E-state index is 8.88. The van der Waals surface area contributed by atoms with E-state index in [1.165, 1.54) is 12.8 Å². The number of rotatable bonds is 1. The molecule has 4 rings (SSSR count). The number of nitrogens with zero attached hydrogens (tertiary/aromatic N) is 2. The number of nitrogens with one attached hydrogen (secondary N) is 2. The Morgan fingerprint density at radius 3 is 3.00 bits per heavy atom. The molecule has 0 unspecified atom stereocenters. The molecule has 5 heteroatoms. The maximum Gasteiger partial charge on any atom is 0.206 e. The normalized spacial score (nSPS) is 33.8. The lowest BCUT2D eigenvalue weighted by atomic mass is 10.2. The van der Waals surface area contributed by atoms with Crippen LogP contribution in [0.4, 0.5) is 5.69 Å². The smallest absolute Gasteiger partial charge is 0.206 e. The van der Waals surface area contributed by atoms with Crippen LogP contribution in [0, 0.1) is 17.2 Å². The van der Waals surface area contributed by atoms with Gasteiger partial charge < -0.3 is 5.32 Å². The highest BCUT2D eigenvalue weighted by molar-refractivity contribution is 7.98. The maximum absolute atomic E-state index is 8.88. The summed E-state index contributed by atoms with van der Waals surface area (Å²) < 4.78 is 3.21. The van der Waals surface area contributed by atoms with E-state index in [4.69, 9.17) is 10.3 Å². The number of anilines is 1. The summed E-state index contributed by atoms with van der Waals surface area (Å²) in [6.07, 6.45) is 2.49. The van der Waals surface area contributed by atoms with Gasteiger partial charge in [0.05, 0.1) is 27.8 Å². The second-order valence-corrected chi connectivity index (χ2v) is 5.67. The average molecular weight is 242 g/mol. The molecule has 4 nitrogen and oxygen atoms in total. The molecule has 1 aromatic rings. The minimum Gasteiger partial charge on any atom is -0.325 e. The fourth-order valence-corrected chi connectivity index (χ4v) is 2.83. The summed E-state index contributed by atoms with van der Waals surface area (Å²) in [6, 6.07) is 7.80. The van der Waals surface area contributed by atoms with E-state index in [9.17, 15) is 0 Å². The number of hydrogen-bond donors (Lipinski definition) is 2. The van der Waals surface area contributed by atoms with E-state index in [0.29, 0.717) is 5.56 Å². The Hall–Kier alpha value is -1.67. The molecule has 1 heterocycles. The molecule has 84 valence electrons. The van der Waals surface area contributed by atoms with Crippen LogP contribution < -0.4 is 10.0 Å². The minimum atomic E-state index is 0.278. The van der Waals surface area contributed by atoms with Crippen molar-refractivity contribution in [1.82, 2.24) is 4.72 Å². The van der Waals surface area contributed by atoms with Crippen molar-refractivity contribution in [1.29, 1.82) is 5.26 Å². The number of fused-ring (bicyclic) bond motifs is 2. The van der Waals surface area contributed by atoms with Crippen LogP contribution in [0.2, 0.25) is 0 Å². The van der Waals surface area contributed by atoms with E-state index in [1.54, 1.807) is 11.9 Å². The molecule has 1 aliphatic heterocycles. The average Bonchev–Trinajstić information content (AvgIpc) is 3.18. The van der Waals surface area contributed by atoms with E-state index in [-0.39, 0.29) is 5.54 Å². The molecule has 3 aliphatic rings. The SMILES string of the molecule is N#Cc1ccc2c(c1)NC(=NC13CC1C3)NS2. The van der Waals surface area contributed by atoms with Gasteiger partial charge >= 0.3 is 0 Å². The Morgan fingerprint density at radius 1 is 1.47 bits per heavy atom. The first-order valence-corrected chi connectivity index (χ1v) is 6.45. The Kier molecular flexibility index (Phi) is 1.63. The summed E-state index contributed by atoms with van der Waals surface area (Å²) in [5, 5.41) is 12.1. The van der Waals surface area contributed by atoms with E-state index in [0.717, 1.165) is 22.5 Å². The molecular weight excluding hydrogens is 232 g/mol. The van der Waals surface area contributed by atoms with Crippen LogP contribution in [-0.4, -0.2) is 11.5 Å². The molecule has 2 aliphatic carbocycles. The quantitative estimate of drug-likeness (QED) is 0.740. The first kappa shape index (κ1) is 9.37. The van der Waals surface area contributed by atoms with Gasteiger partial charge in [0.25, 0.3) is 0 Å². The van der Waals surface area contributed by atoms with Crippen molar-refractivity contribution in [2.75, 3.05) is 5.32 Å². The highest BCUT2D eigenvalue weighted by atomic mass is 32.2. The van der Waals surface area contributed by atoms with Gasteiger partial charge in [0.2, 0.25) is 5.96 Å². The van der Waals surface area contributed by atoms with Crippen molar-refractivity contribution < 1.29 is 0 Å². The molecule has 0 atom stereocenters. The number of hydrogen-bond acceptors (Lipinski definition) is 3. The van der Waals surface area contributed by atoms with Crippen LogP contribution >= 0.6 is 11.9 Å². The van der Waals surface area contributed by atoms with Gasteiger partial charge in [-0.15, -0.1) is 0 Å². The third kappa shape index (κ3) is 1.41.